The number of ether oxygens (including phenoxy) is 4. The van der Waals surface area contributed by atoms with Crippen molar-refractivity contribution < 1.29 is 23.5 Å². The first-order valence-electron chi connectivity index (χ1n) is 11.5. The zero-order valence-electron chi connectivity index (χ0n) is 19.9. The second kappa shape index (κ2) is 9.35. The van der Waals surface area contributed by atoms with E-state index in [9.17, 15) is 0 Å². The van der Waals surface area contributed by atoms with Crippen molar-refractivity contribution in [2.24, 2.45) is 5.92 Å². The van der Waals surface area contributed by atoms with Gasteiger partial charge in [-0.25, -0.2) is 4.58 Å². The van der Waals surface area contributed by atoms with Crippen molar-refractivity contribution in [2.75, 3.05) is 34.7 Å². The van der Waals surface area contributed by atoms with Crippen molar-refractivity contribution in [1.82, 2.24) is 0 Å². The molecule has 2 atom stereocenters. The first kappa shape index (κ1) is 22.2. The molecule has 174 valence electrons. The predicted molar refractivity (Wildman–Crippen MR) is 133 cm³/mol. The van der Waals surface area contributed by atoms with Gasteiger partial charge in [0.05, 0.1) is 25.7 Å². The summed E-state index contributed by atoms with van der Waals surface area (Å²) in [6, 6.07) is 14.8. The molecule has 2 aromatic carbocycles. The average molecular weight is 457 g/mol. The van der Waals surface area contributed by atoms with Gasteiger partial charge in [0.2, 0.25) is 0 Å². The SMILES string of the molecule is C=C/C(Cc1ccccc1)=C1\C(=C2/COCO2)C=[N+](C)C2c3cc(OC)c(OC)cc3C=CC12. The summed E-state index contributed by atoms with van der Waals surface area (Å²) in [6.45, 7) is 4.96. The van der Waals surface area contributed by atoms with Gasteiger partial charge >= 0.3 is 0 Å². The molecule has 2 heterocycles. The smallest absolute Gasteiger partial charge is 0.189 e. The molecule has 2 aromatic rings. The van der Waals surface area contributed by atoms with Crippen LogP contribution in [-0.2, 0) is 15.9 Å². The number of rotatable bonds is 5. The Balaban J connectivity index is 1.71. The van der Waals surface area contributed by atoms with Crippen molar-refractivity contribution in [3.05, 3.63) is 100 Å². The van der Waals surface area contributed by atoms with Gasteiger partial charge in [-0.15, -0.1) is 0 Å². The van der Waals surface area contributed by atoms with E-state index in [1.165, 1.54) is 22.3 Å². The van der Waals surface area contributed by atoms with Crippen LogP contribution in [0, 0.1) is 5.92 Å². The number of fused-ring (bicyclic) bond motifs is 3. The van der Waals surface area contributed by atoms with E-state index in [-0.39, 0.29) is 18.8 Å². The van der Waals surface area contributed by atoms with Crippen LogP contribution < -0.4 is 9.47 Å². The van der Waals surface area contributed by atoms with E-state index in [0.29, 0.717) is 6.61 Å². The van der Waals surface area contributed by atoms with Crippen LogP contribution in [0.25, 0.3) is 6.08 Å². The molecule has 0 N–H and O–H groups in total. The fourth-order valence-electron chi connectivity index (χ4n) is 5.22. The number of nitrogens with zero attached hydrogens (tertiary/aromatic N) is 1. The van der Waals surface area contributed by atoms with Crippen molar-refractivity contribution >= 4 is 12.3 Å². The van der Waals surface area contributed by atoms with Crippen LogP contribution in [0.5, 0.6) is 11.5 Å². The monoisotopic (exact) mass is 456 g/mol. The van der Waals surface area contributed by atoms with E-state index in [2.05, 4.69) is 73.0 Å². The third-order valence-corrected chi connectivity index (χ3v) is 6.81. The van der Waals surface area contributed by atoms with Crippen LogP contribution >= 0.6 is 0 Å². The number of hydrogen-bond acceptors (Lipinski definition) is 4. The van der Waals surface area contributed by atoms with E-state index < -0.39 is 0 Å². The Morgan fingerprint density at radius 2 is 1.91 bits per heavy atom. The topological polar surface area (TPSA) is 39.9 Å². The van der Waals surface area contributed by atoms with Crippen LogP contribution in [0.4, 0.5) is 0 Å². The maximum atomic E-state index is 5.90. The molecule has 1 saturated heterocycles. The maximum Gasteiger partial charge on any atom is 0.189 e. The Kier molecular flexibility index (Phi) is 6.12. The second-order valence-electron chi connectivity index (χ2n) is 8.71. The fourth-order valence-corrected chi connectivity index (χ4v) is 5.22. The minimum atomic E-state index is 0.104. The molecule has 2 unspecified atom stereocenters. The molecule has 0 amide bonds. The molecule has 5 rings (SSSR count). The molecule has 3 aliphatic rings. The minimum absolute atomic E-state index is 0.104. The first-order valence-corrected chi connectivity index (χ1v) is 11.5. The van der Waals surface area contributed by atoms with E-state index in [0.717, 1.165) is 34.8 Å². The Morgan fingerprint density at radius 3 is 2.59 bits per heavy atom. The molecule has 0 aromatic heterocycles. The Bertz CT molecular complexity index is 1230. The highest BCUT2D eigenvalue weighted by molar-refractivity contribution is 5.85. The summed E-state index contributed by atoms with van der Waals surface area (Å²) >= 11 is 0. The van der Waals surface area contributed by atoms with E-state index in [1.54, 1.807) is 14.2 Å². The summed E-state index contributed by atoms with van der Waals surface area (Å²) in [7, 11) is 5.47. The lowest BCUT2D eigenvalue weighted by Gasteiger charge is -2.34. The third-order valence-electron chi connectivity index (χ3n) is 6.81. The molecule has 0 bridgehead atoms. The second-order valence-corrected chi connectivity index (χ2v) is 8.71. The van der Waals surface area contributed by atoms with Crippen molar-refractivity contribution in [1.29, 1.82) is 0 Å². The van der Waals surface area contributed by atoms with Crippen LogP contribution in [-0.4, -0.2) is 45.5 Å². The maximum absolute atomic E-state index is 5.90. The lowest BCUT2D eigenvalue weighted by Crippen LogP contribution is -2.34. The highest BCUT2D eigenvalue weighted by atomic mass is 16.7. The number of methoxy groups -OCH3 is 2. The van der Waals surface area contributed by atoms with Crippen LogP contribution in [0.1, 0.15) is 22.7 Å². The standard InChI is InChI=1S/C29H30NO4/c1-5-20(13-19-9-7-6-8-10-19)28-22-12-11-21-14-25(31-3)26(32-4)15-23(21)29(22)30(2)16-24(28)27-17-33-18-34-27/h5-12,14-16,22,29H,1,13,17-18H2,2-4H3/q+1/b27-24+,28-20+. The summed E-state index contributed by atoms with van der Waals surface area (Å²) in [5, 5.41) is 0. The summed E-state index contributed by atoms with van der Waals surface area (Å²) in [5.74, 6) is 2.46. The molecular weight excluding hydrogens is 426 g/mol. The average Bonchev–Trinajstić information content (AvgIpc) is 3.42. The molecule has 0 spiro atoms. The lowest BCUT2D eigenvalue weighted by molar-refractivity contribution is -0.548. The summed E-state index contributed by atoms with van der Waals surface area (Å²) in [5.41, 5.74) is 7.10. The van der Waals surface area contributed by atoms with Crippen molar-refractivity contribution in [2.45, 2.75) is 12.5 Å². The largest absolute Gasteiger partial charge is 0.493 e. The van der Waals surface area contributed by atoms with Crippen molar-refractivity contribution in [3.63, 3.8) is 0 Å². The van der Waals surface area contributed by atoms with Gasteiger partial charge in [0.1, 0.15) is 19.4 Å². The van der Waals surface area contributed by atoms with E-state index >= 15 is 0 Å². The number of hydrogen-bond donors (Lipinski definition) is 0. The molecule has 34 heavy (non-hydrogen) atoms. The van der Waals surface area contributed by atoms with Gasteiger partial charge in [-0.2, -0.15) is 0 Å². The van der Waals surface area contributed by atoms with E-state index in [1.807, 2.05) is 12.1 Å². The molecular formula is C29H30NO4+. The van der Waals surface area contributed by atoms with Gasteiger partial charge in [0, 0.05) is 5.56 Å². The normalized spacial score (nSPS) is 24.5. The highest BCUT2D eigenvalue weighted by Gasteiger charge is 2.43. The highest BCUT2D eigenvalue weighted by Crippen LogP contribution is 2.47. The lowest BCUT2D eigenvalue weighted by atomic mass is 9.73. The third kappa shape index (κ3) is 3.86. The van der Waals surface area contributed by atoms with Crippen LogP contribution in [0.2, 0.25) is 0 Å². The predicted octanol–water partition coefficient (Wildman–Crippen LogP) is 5.10. The Morgan fingerprint density at radius 1 is 1.15 bits per heavy atom. The van der Waals surface area contributed by atoms with Gasteiger partial charge in [0.25, 0.3) is 0 Å². The van der Waals surface area contributed by atoms with Gasteiger partial charge in [-0.3, -0.25) is 0 Å². The summed E-state index contributed by atoms with van der Waals surface area (Å²) in [4.78, 5) is 0. The molecule has 0 radical (unpaired) electrons. The first-order chi connectivity index (χ1) is 16.6. The van der Waals surface area contributed by atoms with Crippen LogP contribution in [0.3, 0.4) is 0 Å². The molecule has 0 saturated carbocycles. The summed E-state index contributed by atoms with van der Waals surface area (Å²) in [6.07, 6.45) is 9.46. The van der Waals surface area contributed by atoms with E-state index in [4.69, 9.17) is 18.9 Å². The Hall–Kier alpha value is -3.57. The van der Waals surface area contributed by atoms with Gasteiger partial charge < -0.3 is 18.9 Å². The van der Waals surface area contributed by atoms with Crippen LogP contribution in [0.15, 0.2) is 83.7 Å². The fraction of sp³-hybridized carbons (Fsp3) is 0.276. The molecule has 1 aliphatic carbocycles. The quantitative estimate of drug-likeness (QED) is 0.587. The van der Waals surface area contributed by atoms with Gasteiger partial charge in [-0.05, 0) is 40.8 Å². The molecule has 1 fully saturated rings. The number of allylic oxidation sites excluding steroid dienone is 3. The van der Waals surface area contributed by atoms with Gasteiger partial charge in [-0.1, -0.05) is 55.1 Å². The minimum Gasteiger partial charge on any atom is -0.493 e. The Labute approximate surface area is 200 Å². The molecule has 2 aliphatic heterocycles. The summed E-state index contributed by atoms with van der Waals surface area (Å²) < 4.78 is 24.9. The molecule has 5 heteroatoms. The number of benzene rings is 2. The van der Waals surface area contributed by atoms with Gasteiger partial charge in [0.15, 0.2) is 30.5 Å². The van der Waals surface area contributed by atoms with Crippen molar-refractivity contribution in [3.8, 4) is 11.5 Å². The molecule has 5 nitrogen and oxygen atoms in total. The zero-order chi connectivity index (χ0) is 23.7. The zero-order valence-corrected chi connectivity index (χ0v) is 19.9.